The molecule has 2 aromatic rings. The Morgan fingerprint density at radius 3 is 3.21 bits per heavy atom. The lowest BCUT2D eigenvalue weighted by Crippen LogP contribution is -2.12. The van der Waals surface area contributed by atoms with E-state index in [1.54, 1.807) is 12.3 Å². The van der Waals surface area contributed by atoms with Crippen LogP contribution in [0.2, 0.25) is 0 Å². The van der Waals surface area contributed by atoms with E-state index in [0.717, 1.165) is 0 Å². The Balaban J connectivity index is 2.43. The fourth-order valence-corrected chi connectivity index (χ4v) is 1.27. The van der Waals surface area contributed by atoms with Crippen LogP contribution in [0.3, 0.4) is 0 Å². The molecule has 2 heterocycles. The maximum atomic E-state index is 11.4. The second-order valence-electron chi connectivity index (χ2n) is 2.89. The van der Waals surface area contributed by atoms with Crippen LogP contribution >= 0.6 is 0 Å². The summed E-state index contributed by atoms with van der Waals surface area (Å²) in [6.45, 7) is 2.84. The van der Waals surface area contributed by atoms with Gasteiger partial charge in [-0.2, -0.15) is 0 Å². The van der Waals surface area contributed by atoms with Crippen molar-refractivity contribution in [3.8, 4) is 0 Å². The molecular formula is C9H11N3O2. The lowest BCUT2D eigenvalue weighted by Gasteiger charge is -2.00. The van der Waals surface area contributed by atoms with Gasteiger partial charge in [-0.05, 0) is 13.0 Å². The van der Waals surface area contributed by atoms with E-state index in [1.165, 1.54) is 0 Å². The summed E-state index contributed by atoms with van der Waals surface area (Å²) < 4.78 is 5.16. The second-order valence-corrected chi connectivity index (χ2v) is 2.89. The molecule has 2 N–H and O–H groups in total. The second kappa shape index (κ2) is 3.63. The van der Waals surface area contributed by atoms with E-state index in [4.69, 9.17) is 4.74 Å². The van der Waals surface area contributed by atoms with Crippen molar-refractivity contribution >= 4 is 11.0 Å². The molecule has 0 atom stereocenters. The van der Waals surface area contributed by atoms with Gasteiger partial charge in [-0.3, -0.25) is 4.79 Å². The highest BCUT2D eigenvalue weighted by molar-refractivity contribution is 5.73. The van der Waals surface area contributed by atoms with Crippen LogP contribution < -0.4 is 5.56 Å². The molecule has 0 fully saturated rings. The number of ether oxygens (including phenoxy) is 1. The van der Waals surface area contributed by atoms with Crippen LogP contribution in [0.1, 0.15) is 12.7 Å². The SMILES string of the molecule is CCOCc1nc2cc[nH]c2c(=O)[nH]1. The summed E-state index contributed by atoms with van der Waals surface area (Å²) in [5.41, 5.74) is 1.02. The largest absolute Gasteiger partial charge is 0.374 e. The molecule has 0 radical (unpaired) electrons. The van der Waals surface area contributed by atoms with Crippen molar-refractivity contribution in [2.75, 3.05) is 6.61 Å². The zero-order valence-electron chi connectivity index (χ0n) is 7.83. The highest BCUT2D eigenvalue weighted by Crippen LogP contribution is 2.03. The van der Waals surface area contributed by atoms with Crippen molar-refractivity contribution in [3.05, 3.63) is 28.4 Å². The standard InChI is InChI=1S/C9H11N3O2/c1-2-14-5-7-11-6-3-4-10-8(6)9(13)12-7/h3-4,10H,2,5H2,1H3,(H,11,12,13). The Hall–Kier alpha value is -1.62. The molecular weight excluding hydrogens is 182 g/mol. The van der Waals surface area contributed by atoms with Crippen molar-refractivity contribution in [1.82, 2.24) is 15.0 Å². The first-order valence-electron chi connectivity index (χ1n) is 4.45. The minimum Gasteiger partial charge on any atom is -0.374 e. The maximum absolute atomic E-state index is 11.4. The van der Waals surface area contributed by atoms with Crippen LogP contribution in [0.5, 0.6) is 0 Å². The highest BCUT2D eigenvalue weighted by Gasteiger charge is 2.03. The highest BCUT2D eigenvalue weighted by atomic mass is 16.5. The summed E-state index contributed by atoms with van der Waals surface area (Å²) in [5, 5.41) is 0. The number of fused-ring (bicyclic) bond motifs is 1. The third-order valence-electron chi connectivity index (χ3n) is 1.91. The molecule has 5 nitrogen and oxygen atoms in total. The molecule has 0 bridgehead atoms. The van der Waals surface area contributed by atoms with Gasteiger partial charge in [0, 0.05) is 12.8 Å². The van der Waals surface area contributed by atoms with Gasteiger partial charge in [-0.25, -0.2) is 4.98 Å². The zero-order valence-corrected chi connectivity index (χ0v) is 7.83. The smallest absolute Gasteiger partial charge is 0.275 e. The number of H-pyrrole nitrogens is 2. The monoisotopic (exact) mass is 193 g/mol. The number of aromatic nitrogens is 3. The van der Waals surface area contributed by atoms with Gasteiger partial charge in [0.1, 0.15) is 17.9 Å². The zero-order chi connectivity index (χ0) is 9.97. The number of hydrogen-bond acceptors (Lipinski definition) is 3. The summed E-state index contributed by atoms with van der Waals surface area (Å²) in [4.78, 5) is 21.1. The van der Waals surface area contributed by atoms with E-state index in [2.05, 4.69) is 15.0 Å². The summed E-state index contributed by atoms with van der Waals surface area (Å²) in [5.74, 6) is 0.559. The molecule has 14 heavy (non-hydrogen) atoms. The first kappa shape index (κ1) is 8.96. The molecule has 0 aliphatic rings. The number of hydrogen-bond donors (Lipinski definition) is 2. The van der Waals surface area contributed by atoms with Crippen LogP contribution in [0.25, 0.3) is 11.0 Å². The van der Waals surface area contributed by atoms with Gasteiger partial charge in [-0.1, -0.05) is 0 Å². The average Bonchev–Trinajstić information content (AvgIpc) is 2.63. The van der Waals surface area contributed by atoms with Gasteiger partial charge in [0.25, 0.3) is 5.56 Å². The quantitative estimate of drug-likeness (QED) is 0.757. The molecule has 0 aliphatic carbocycles. The fourth-order valence-electron chi connectivity index (χ4n) is 1.27. The number of rotatable bonds is 3. The molecule has 0 aromatic carbocycles. The van der Waals surface area contributed by atoms with E-state index in [9.17, 15) is 4.79 Å². The molecule has 0 spiro atoms. The van der Waals surface area contributed by atoms with Crippen LogP contribution in [0, 0.1) is 0 Å². The van der Waals surface area contributed by atoms with Gasteiger partial charge < -0.3 is 14.7 Å². The molecule has 74 valence electrons. The number of nitrogens with one attached hydrogen (secondary N) is 2. The Morgan fingerprint density at radius 2 is 2.43 bits per heavy atom. The molecule has 2 aromatic heterocycles. The Morgan fingerprint density at radius 1 is 1.57 bits per heavy atom. The molecule has 0 saturated heterocycles. The van der Waals surface area contributed by atoms with Crippen LogP contribution in [0.15, 0.2) is 17.1 Å². The van der Waals surface area contributed by atoms with Crippen molar-refractivity contribution in [2.24, 2.45) is 0 Å². The summed E-state index contributed by atoms with van der Waals surface area (Å²) in [6.07, 6.45) is 1.69. The summed E-state index contributed by atoms with van der Waals surface area (Å²) >= 11 is 0. The predicted molar refractivity (Wildman–Crippen MR) is 52.0 cm³/mol. The molecule has 0 unspecified atom stereocenters. The Kier molecular flexibility index (Phi) is 2.32. The lowest BCUT2D eigenvalue weighted by molar-refractivity contribution is 0.128. The Labute approximate surface area is 80.1 Å². The summed E-state index contributed by atoms with van der Waals surface area (Å²) in [7, 11) is 0. The molecule has 5 heteroatoms. The first-order valence-corrected chi connectivity index (χ1v) is 4.45. The van der Waals surface area contributed by atoms with E-state index < -0.39 is 0 Å². The van der Waals surface area contributed by atoms with Gasteiger partial charge in [0.05, 0.1) is 5.52 Å². The van der Waals surface area contributed by atoms with Crippen molar-refractivity contribution < 1.29 is 4.74 Å². The minimum absolute atomic E-state index is 0.158. The van der Waals surface area contributed by atoms with E-state index in [-0.39, 0.29) is 5.56 Å². The van der Waals surface area contributed by atoms with Crippen LogP contribution in [-0.4, -0.2) is 21.6 Å². The third kappa shape index (κ3) is 1.54. The van der Waals surface area contributed by atoms with Gasteiger partial charge in [0.15, 0.2) is 0 Å². The van der Waals surface area contributed by atoms with Crippen LogP contribution in [-0.2, 0) is 11.3 Å². The molecule has 0 amide bonds. The molecule has 0 aliphatic heterocycles. The van der Waals surface area contributed by atoms with Crippen molar-refractivity contribution in [1.29, 1.82) is 0 Å². The average molecular weight is 193 g/mol. The van der Waals surface area contributed by atoms with Gasteiger partial charge >= 0.3 is 0 Å². The van der Waals surface area contributed by atoms with Crippen LogP contribution in [0.4, 0.5) is 0 Å². The van der Waals surface area contributed by atoms with Gasteiger partial charge in [0.2, 0.25) is 0 Å². The van der Waals surface area contributed by atoms with Crippen molar-refractivity contribution in [3.63, 3.8) is 0 Å². The predicted octanol–water partition coefficient (Wildman–Crippen LogP) is 0.788. The van der Waals surface area contributed by atoms with Gasteiger partial charge in [-0.15, -0.1) is 0 Å². The van der Waals surface area contributed by atoms with E-state index in [1.807, 2.05) is 6.92 Å². The topological polar surface area (TPSA) is 70.8 Å². The van der Waals surface area contributed by atoms with E-state index >= 15 is 0 Å². The molecule has 2 rings (SSSR count). The molecule has 0 saturated carbocycles. The summed E-state index contributed by atoms with van der Waals surface area (Å²) in [6, 6.07) is 1.76. The normalized spacial score (nSPS) is 10.9. The Bertz CT molecular complexity index is 486. The lowest BCUT2D eigenvalue weighted by atomic mass is 10.4. The first-order chi connectivity index (χ1) is 6.81. The number of nitrogens with zero attached hydrogens (tertiary/aromatic N) is 1. The fraction of sp³-hybridized carbons (Fsp3) is 0.333. The maximum Gasteiger partial charge on any atom is 0.275 e. The third-order valence-corrected chi connectivity index (χ3v) is 1.91. The number of aromatic amines is 2. The van der Waals surface area contributed by atoms with Crippen molar-refractivity contribution in [2.45, 2.75) is 13.5 Å². The minimum atomic E-state index is -0.158. The van der Waals surface area contributed by atoms with E-state index in [0.29, 0.717) is 30.1 Å².